The summed E-state index contributed by atoms with van der Waals surface area (Å²) >= 11 is 0. The zero-order chi connectivity index (χ0) is 27.7. The number of hydrogen-bond donors (Lipinski definition) is 0. The van der Waals surface area contributed by atoms with Gasteiger partial charge in [-0.1, -0.05) is 93.5 Å². The number of benzene rings is 2. The lowest BCUT2D eigenvalue weighted by molar-refractivity contribution is 0.576. The van der Waals surface area contributed by atoms with Crippen LogP contribution >= 0.6 is 0 Å². The number of fused-ring (bicyclic) bond motifs is 10. The molecule has 0 atom stereocenters. The van der Waals surface area contributed by atoms with Gasteiger partial charge in [0.15, 0.2) is 0 Å². The predicted molar refractivity (Wildman–Crippen MR) is 161 cm³/mol. The summed E-state index contributed by atoms with van der Waals surface area (Å²) in [6, 6.07) is 27.0. The first-order valence-electron chi connectivity index (χ1n) is 13.8. The average Bonchev–Trinajstić information content (AvgIpc) is 2.87. The lowest BCUT2D eigenvalue weighted by Crippen LogP contribution is -2.24. The summed E-state index contributed by atoms with van der Waals surface area (Å²) in [7, 11) is 0. The van der Waals surface area contributed by atoms with Crippen molar-refractivity contribution in [3.8, 4) is 22.5 Å². The number of pyridine rings is 2. The third-order valence-corrected chi connectivity index (χ3v) is 8.41. The molecule has 5 rings (SSSR count). The van der Waals surface area contributed by atoms with Gasteiger partial charge in [0.2, 0.25) is 0 Å². The zero-order valence-electron chi connectivity index (χ0n) is 24.8. The van der Waals surface area contributed by atoms with Crippen molar-refractivity contribution < 1.29 is 0 Å². The van der Waals surface area contributed by atoms with Crippen LogP contribution in [-0.4, -0.2) is 9.97 Å². The lowest BCUT2D eigenvalue weighted by Gasteiger charge is -2.31. The van der Waals surface area contributed by atoms with E-state index < -0.39 is 0 Å². The van der Waals surface area contributed by atoms with Gasteiger partial charge >= 0.3 is 0 Å². The van der Waals surface area contributed by atoms with Crippen molar-refractivity contribution in [2.24, 2.45) is 0 Å². The van der Waals surface area contributed by atoms with Crippen LogP contribution in [0.1, 0.15) is 103 Å². The van der Waals surface area contributed by atoms with Crippen molar-refractivity contribution >= 4 is 0 Å². The number of aromatic nitrogens is 2. The molecular weight excluding hydrogens is 460 g/mol. The second-order valence-corrected chi connectivity index (χ2v) is 14.2. The van der Waals surface area contributed by atoms with Gasteiger partial charge in [0, 0.05) is 22.0 Å². The molecule has 2 heteroatoms. The summed E-state index contributed by atoms with van der Waals surface area (Å²) in [6.07, 6.45) is 0. The Morgan fingerprint density at radius 3 is 1.21 bits per heavy atom. The Morgan fingerprint density at radius 2 is 0.868 bits per heavy atom. The monoisotopic (exact) mass is 502 g/mol. The third-order valence-electron chi connectivity index (χ3n) is 8.41. The van der Waals surface area contributed by atoms with E-state index in [9.17, 15) is 0 Å². The fraction of sp³-hybridized carbons (Fsp3) is 0.389. The van der Waals surface area contributed by atoms with Crippen molar-refractivity contribution in [3.05, 3.63) is 106 Å². The number of hydrogen-bond acceptors (Lipinski definition) is 2. The summed E-state index contributed by atoms with van der Waals surface area (Å²) in [5.74, 6) is 0. The molecule has 0 spiro atoms. The Hall–Kier alpha value is -3.26. The Kier molecular flexibility index (Phi) is 5.98. The standard InChI is InChI=1S/C36H42N2/c1-33(2,3)25-17-23-19-27(21-25)35(7,8)31-15-12-14-30(38-31)24-18-26(34(4,5)6)22-28(20-24)36(9,10)32-16-11-13-29(23)37-32/h11-22H,1-10H3. The van der Waals surface area contributed by atoms with E-state index in [1.54, 1.807) is 0 Å². The quantitative estimate of drug-likeness (QED) is 0.239. The topological polar surface area (TPSA) is 25.8 Å². The van der Waals surface area contributed by atoms with Gasteiger partial charge in [0.25, 0.3) is 0 Å². The molecule has 4 aromatic rings. The molecule has 0 fully saturated rings. The first-order chi connectivity index (χ1) is 17.6. The molecular formula is C36H42N2. The van der Waals surface area contributed by atoms with Crippen molar-refractivity contribution in [2.45, 2.75) is 90.9 Å². The molecule has 1 aliphatic heterocycles. The van der Waals surface area contributed by atoms with Gasteiger partial charge in [-0.15, -0.1) is 0 Å². The molecule has 38 heavy (non-hydrogen) atoms. The minimum atomic E-state index is -0.280. The third kappa shape index (κ3) is 4.59. The van der Waals surface area contributed by atoms with Gasteiger partial charge in [-0.3, -0.25) is 9.97 Å². The van der Waals surface area contributed by atoms with E-state index in [0.717, 1.165) is 33.9 Å². The highest BCUT2D eigenvalue weighted by Crippen LogP contribution is 2.41. The molecule has 2 aromatic heterocycles. The lowest BCUT2D eigenvalue weighted by atomic mass is 9.75. The van der Waals surface area contributed by atoms with Crippen LogP contribution in [0.25, 0.3) is 22.5 Å². The summed E-state index contributed by atoms with van der Waals surface area (Å²) < 4.78 is 0. The van der Waals surface area contributed by atoms with Crippen LogP contribution in [0.4, 0.5) is 0 Å². The predicted octanol–water partition coefficient (Wildman–Crippen LogP) is 9.37. The molecule has 2 aromatic carbocycles. The van der Waals surface area contributed by atoms with Crippen LogP contribution in [0.2, 0.25) is 0 Å². The number of rotatable bonds is 0. The molecule has 8 bridgehead atoms. The van der Waals surface area contributed by atoms with E-state index >= 15 is 0 Å². The fourth-order valence-corrected chi connectivity index (χ4v) is 5.32. The maximum Gasteiger partial charge on any atom is 0.0705 e. The summed E-state index contributed by atoms with van der Waals surface area (Å²) in [5, 5.41) is 0. The van der Waals surface area contributed by atoms with Crippen LogP contribution in [0.5, 0.6) is 0 Å². The van der Waals surface area contributed by atoms with Gasteiger partial charge in [-0.25, -0.2) is 0 Å². The van der Waals surface area contributed by atoms with Crippen LogP contribution < -0.4 is 0 Å². The summed E-state index contributed by atoms with van der Waals surface area (Å²) in [5.41, 5.74) is 11.1. The molecule has 196 valence electrons. The van der Waals surface area contributed by atoms with Crippen molar-refractivity contribution in [3.63, 3.8) is 0 Å². The van der Waals surface area contributed by atoms with E-state index in [1.807, 2.05) is 0 Å². The second-order valence-electron chi connectivity index (χ2n) is 14.2. The van der Waals surface area contributed by atoms with Crippen molar-refractivity contribution in [1.82, 2.24) is 9.97 Å². The highest BCUT2D eigenvalue weighted by atomic mass is 14.8. The van der Waals surface area contributed by atoms with E-state index in [2.05, 4.69) is 142 Å². The first-order valence-corrected chi connectivity index (χ1v) is 13.8. The minimum Gasteiger partial charge on any atom is -0.252 e. The summed E-state index contributed by atoms with van der Waals surface area (Å²) in [4.78, 5) is 10.6. The van der Waals surface area contributed by atoms with Crippen LogP contribution in [-0.2, 0) is 21.7 Å². The van der Waals surface area contributed by atoms with E-state index in [1.165, 1.54) is 22.3 Å². The van der Waals surface area contributed by atoms with Crippen LogP contribution in [0.3, 0.4) is 0 Å². The average molecular weight is 503 g/mol. The molecule has 2 nitrogen and oxygen atoms in total. The molecule has 0 amide bonds. The molecule has 0 unspecified atom stereocenters. The zero-order valence-corrected chi connectivity index (χ0v) is 24.8. The van der Waals surface area contributed by atoms with Crippen LogP contribution in [0.15, 0.2) is 72.8 Å². The highest BCUT2D eigenvalue weighted by Gasteiger charge is 2.31. The molecule has 0 N–H and O–H groups in total. The molecule has 0 aliphatic carbocycles. The number of nitrogens with zero attached hydrogens (tertiary/aromatic N) is 2. The maximum absolute atomic E-state index is 5.32. The Bertz CT molecular complexity index is 1410. The smallest absolute Gasteiger partial charge is 0.0705 e. The van der Waals surface area contributed by atoms with E-state index in [0.29, 0.717) is 0 Å². The maximum atomic E-state index is 5.32. The SMILES string of the molecule is CC(C)(C)c1cc2cc(c1)C(C)(C)c1cccc(n1)-c1cc(C(C)(C)C)cc(c1)C(C)(C)c1cccc-2n1. The molecule has 0 radical (unpaired) electrons. The van der Waals surface area contributed by atoms with E-state index in [-0.39, 0.29) is 21.7 Å². The van der Waals surface area contributed by atoms with Gasteiger partial charge in [0.05, 0.1) is 22.8 Å². The first kappa shape index (κ1) is 26.4. The molecule has 0 saturated carbocycles. The Labute approximate surface area is 229 Å². The van der Waals surface area contributed by atoms with Gasteiger partial charge in [0.1, 0.15) is 0 Å². The Morgan fingerprint density at radius 1 is 0.500 bits per heavy atom. The van der Waals surface area contributed by atoms with Crippen molar-refractivity contribution in [2.75, 3.05) is 0 Å². The molecule has 3 heterocycles. The Balaban J connectivity index is 1.90. The van der Waals surface area contributed by atoms with E-state index in [4.69, 9.17) is 9.97 Å². The van der Waals surface area contributed by atoms with Crippen LogP contribution in [0, 0.1) is 0 Å². The summed E-state index contributed by atoms with van der Waals surface area (Å²) in [6.45, 7) is 22.9. The largest absolute Gasteiger partial charge is 0.252 e. The van der Waals surface area contributed by atoms with Crippen molar-refractivity contribution in [1.29, 1.82) is 0 Å². The van der Waals surface area contributed by atoms with Gasteiger partial charge < -0.3 is 0 Å². The molecule has 1 aliphatic rings. The van der Waals surface area contributed by atoms with Gasteiger partial charge in [-0.2, -0.15) is 0 Å². The normalized spacial score (nSPS) is 16.1. The second kappa shape index (κ2) is 8.63. The molecule has 0 saturated heterocycles. The minimum absolute atomic E-state index is 0.0131. The fourth-order valence-electron chi connectivity index (χ4n) is 5.32. The highest BCUT2D eigenvalue weighted by molar-refractivity contribution is 5.66. The van der Waals surface area contributed by atoms with Gasteiger partial charge in [-0.05, 0) is 81.6 Å².